The van der Waals surface area contributed by atoms with E-state index in [9.17, 15) is 14.7 Å². The Balaban J connectivity index is 1.49. The lowest BCUT2D eigenvalue weighted by Gasteiger charge is -2.62. The summed E-state index contributed by atoms with van der Waals surface area (Å²) >= 11 is 0. The number of Topliss-reactive ketones (excluding diaryl/α,β-unsaturated/α-hetero) is 1. The zero-order valence-electron chi connectivity index (χ0n) is 21.6. The van der Waals surface area contributed by atoms with Gasteiger partial charge < -0.3 is 9.84 Å². The van der Waals surface area contributed by atoms with Crippen molar-refractivity contribution in [2.24, 2.45) is 40.4 Å². The molecule has 1 unspecified atom stereocenters. The van der Waals surface area contributed by atoms with Gasteiger partial charge in [0.05, 0.1) is 6.10 Å². The molecule has 4 nitrogen and oxygen atoms in total. The van der Waals surface area contributed by atoms with E-state index in [2.05, 4.69) is 20.8 Å². The van der Waals surface area contributed by atoms with E-state index in [1.54, 1.807) is 6.92 Å². The molecule has 0 aromatic rings. The summed E-state index contributed by atoms with van der Waals surface area (Å²) in [5.74, 6) is 2.75. The Morgan fingerprint density at radius 1 is 0.939 bits per heavy atom. The monoisotopic (exact) mass is 460 g/mol. The Morgan fingerprint density at radius 3 is 2.42 bits per heavy atom. The van der Waals surface area contributed by atoms with E-state index in [-0.39, 0.29) is 34.9 Å². The van der Waals surface area contributed by atoms with Crippen LogP contribution < -0.4 is 0 Å². The van der Waals surface area contributed by atoms with Crippen molar-refractivity contribution in [2.45, 2.75) is 130 Å². The average Bonchev–Trinajstić information content (AvgIpc) is 3.12. The van der Waals surface area contributed by atoms with Gasteiger partial charge in [0.1, 0.15) is 11.9 Å². The summed E-state index contributed by atoms with van der Waals surface area (Å²) in [6.07, 6.45) is 13.9. The van der Waals surface area contributed by atoms with Crippen molar-refractivity contribution in [3.05, 3.63) is 0 Å². The summed E-state index contributed by atoms with van der Waals surface area (Å²) in [5.41, 5.74) is 0.102. The van der Waals surface area contributed by atoms with Crippen LogP contribution in [-0.4, -0.2) is 29.1 Å². The Kier molecular flexibility index (Phi) is 7.63. The first kappa shape index (κ1) is 25.2. The van der Waals surface area contributed by atoms with Gasteiger partial charge in [-0.25, -0.2) is 0 Å². The van der Waals surface area contributed by atoms with Crippen molar-refractivity contribution < 1.29 is 19.4 Å². The fraction of sp³-hybridized carbons (Fsp3) is 0.931. The maximum absolute atomic E-state index is 12.8. The quantitative estimate of drug-likeness (QED) is 0.333. The standard InChI is InChI=1S/C29H48O4/c1-5-6-7-8-9-10-27(32)33-26-18-21(31)17-20-11-12-22-24-14-13-23(19(2)30)28(24,3)16-15-25(22)29(20,26)4/h20-26,31H,5-18H2,1-4H3/t20-,21-,22+,23+,24-,25-,26?,28+,29-/m0/s1. The third kappa shape index (κ3) is 4.55. The van der Waals surface area contributed by atoms with Crippen molar-refractivity contribution in [2.75, 3.05) is 0 Å². The third-order valence-corrected chi connectivity index (χ3v) is 10.9. The fourth-order valence-electron chi connectivity index (χ4n) is 9.20. The van der Waals surface area contributed by atoms with Gasteiger partial charge >= 0.3 is 5.97 Å². The molecule has 0 aromatic carbocycles. The largest absolute Gasteiger partial charge is 0.462 e. The van der Waals surface area contributed by atoms with Gasteiger partial charge in [-0.3, -0.25) is 9.59 Å². The second-order valence-corrected chi connectivity index (χ2v) is 12.6. The molecule has 4 heteroatoms. The Labute approximate surface area is 201 Å². The number of ether oxygens (including phenoxy) is 1. The first-order chi connectivity index (χ1) is 15.7. The molecule has 4 saturated carbocycles. The van der Waals surface area contributed by atoms with Crippen LogP contribution in [-0.2, 0) is 14.3 Å². The Bertz CT molecular complexity index is 718. The summed E-state index contributed by atoms with van der Waals surface area (Å²) in [6, 6.07) is 0. The minimum atomic E-state index is -0.357. The van der Waals surface area contributed by atoms with Crippen molar-refractivity contribution >= 4 is 11.8 Å². The fourth-order valence-corrected chi connectivity index (χ4v) is 9.20. The smallest absolute Gasteiger partial charge is 0.306 e. The molecule has 4 aliphatic rings. The van der Waals surface area contributed by atoms with Crippen LogP contribution in [0.25, 0.3) is 0 Å². The van der Waals surface area contributed by atoms with Crippen LogP contribution in [0.4, 0.5) is 0 Å². The topological polar surface area (TPSA) is 63.6 Å². The number of aliphatic hydroxyl groups excluding tert-OH is 1. The number of hydrogen-bond acceptors (Lipinski definition) is 4. The van der Waals surface area contributed by atoms with Gasteiger partial charge in [0.15, 0.2) is 0 Å². The third-order valence-electron chi connectivity index (χ3n) is 10.9. The highest BCUT2D eigenvalue weighted by atomic mass is 16.5. The highest BCUT2D eigenvalue weighted by Crippen LogP contribution is 2.67. The van der Waals surface area contributed by atoms with Crippen LogP contribution >= 0.6 is 0 Å². The summed E-state index contributed by atoms with van der Waals surface area (Å²) < 4.78 is 6.23. The van der Waals surface area contributed by atoms with E-state index in [4.69, 9.17) is 4.74 Å². The van der Waals surface area contributed by atoms with Gasteiger partial charge in [-0.2, -0.15) is 0 Å². The minimum Gasteiger partial charge on any atom is -0.462 e. The minimum absolute atomic E-state index is 0.0460. The average molecular weight is 461 g/mol. The molecule has 0 spiro atoms. The van der Waals surface area contributed by atoms with Crippen LogP contribution in [0.1, 0.15) is 118 Å². The van der Waals surface area contributed by atoms with Crippen molar-refractivity contribution in [1.82, 2.24) is 0 Å². The molecule has 0 aliphatic heterocycles. The van der Waals surface area contributed by atoms with Crippen molar-refractivity contribution in [1.29, 1.82) is 0 Å². The lowest BCUT2D eigenvalue weighted by molar-refractivity contribution is -0.202. The molecule has 0 aromatic heterocycles. The molecular weight excluding hydrogens is 412 g/mol. The number of carbonyl (C=O) groups excluding carboxylic acids is 2. The summed E-state index contributed by atoms with van der Waals surface area (Å²) in [5, 5.41) is 10.7. The molecule has 0 amide bonds. The zero-order valence-corrected chi connectivity index (χ0v) is 21.6. The van der Waals surface area contributed by atoms with Crippen LogP contribution in [0.15, 0.2) is 0 Å². The molecule has 0 saturated heterocycles. The van der Waals surface area contributed by atoms with E-state index in [1.807, 2.05) is 0 Å². The first-order valence-corrected chi connectivity index (χ1v) is 14.1. The maximum atomic E-state index is 12.8. The number of unbranched alkanes of at least 4 members (excludes halogenated alkanes) is 4. The van der Waals surface area contributed by atoms with Crippen LogP contribution in [0.2, 0.25) is 0 Å². The van der Waals surface area contributed by atoms with Crippen LogP contribution in [0, 0.1) is 40.4 Å². The molecular formula is C29H48O4. The van der Waals surface area contributed by atoms with E-state index in [0.717, 1.165) is 44.9 Å². The molecule has 33 heavy (non-hydrogen) atoms. The van der Waals surface area contributed by atoms with Gasteiger partial charge in [-0.1, -0.05) is 46.5 Å². The van der Waals surface area contributed by atoms with Gasteiger partial charge in [-0.05, 0) is 87.4 Å². The number of rotatable bonds is 8. The van der Waals surface area contributed by atoms with Crippen LogP contribution in [0.5, 0.6) is 0 Å². The second kappa shape index (κ2) is 9.99. The predicted molar refractivity (Wildman–Crippen MR) is 131 cm³/mol. The predicted octanol–water partition coefficient (Wildman–Crippen LogP) is 6.48. The van der Waals surface area contributed by atoms with Crippen LogP contribution in [0.3, 0.4) is 0 Å². The number of esters is 1. The van der Waals surface area contributed by atoms with Crippen molar-refractivity contribution in [3.63, 3.8) is 0 Å². The molecule has 0 heterocycles. The molecule has 1 N–H and O–H groups in total. The number of ketones is 1. The second-order valence-electron chi connectivity index (χ2n) is 12.6. The molecule has 4 aliphatic carbocycles. The number of hydrogen-bond donors (Lipinski definition) is 1. The van der Waals surface area contributed by atoms with Gasteiger partial charge in [0.25, 0.3) is 0 Å². The molecule has 4 fully saturated rings. The van der Waals surface area contributed by atoms with E-state index >= 15 is 0 Å². The summed E-state index contributed by atoms with van der Waals surface area (Å²) in [6.45, 7) is 8.78. The normalized spacial score (nSPS) is 44.5. The van der Waals surface area contributed by atoms with Gasteiger partial charge in [0, 0.05) is 24.2 Å². The summed E-state index contributed by atoms with van der Waals surface area (Å²) in [4.78, 5) is 25.3. The highest BCUT2D eigenvalue weighted by Gasteiger charge is 2.63. The van der Waals surface area contributed by atoms with E-state index in [1.165, 1.54) is 32.1 Å². The Morgan fingerprint density at radius 2 is 1.70 bits per heavy atom. The van der Waals surface area contributed by atoms with Crippen molar-refractivity contribution in [3.8, 4) is 0 Å². The lowest BCUT2D eigenvalue weighted by atomic mass is 9.44. The molecule has 9 atom stereocenters. The molecule has 0 radical (unpaired) electrons. The Hall–Kier alpha value is -0.900. The summed E-state index contributed by atoms with van der Waals surface area (Å²) in [7, 11) is 0. The number of fused-ring (bicyclic) bond motifs is 5. The molecule has 4 rings (SSSR count). The highest BCUT2D eigenvalue weighted by molar-refractivity contribution is 5.79. The maximum Gasteiger partial charge on any atom is 0.306 e. The first-order valence-electron chi connectivity index (χ1n) is 14.1. The van der Waals surface area contributed by atoms with Gasteiger partial charge in [0.2, 0.25) is 0 Å². The lowest BCUT2D eigenvalue weighted by Crippen LogP contribution is -2.60. The number of carbonyl (C=O) groups is 2. The molecule has 188 valence electrons. The van der Waals surface area contributed by atoms with Gasteiger partial charge in [-0.15, -0.1) is 0 Å². The number of aliphatic hydroxyl groups is 1. The van der Waals surface area contributed by atoms with E-state index < -0.39 is 0 Å². The SMILES string of the molecule is CCCCCCCC(=O)OC1C[C@@H](O)C[C@@H]2CC[C@@H]3[C@@H]4CC[C@H](C(C)=O)[C@@]4(C)CC[C@@H]3[C@@]12C. The molecule has 0 bridgehead atoms. The van der Waals surface area contributed by atoms with E-state index in [0.29, 0.717) is 42.3 Å². The zero-order chi connectivity index (χ0) is 23.8.